The molecule has 1 aliphatic rings. The first-order valence-corrected chi connectivity index (χ1v) is 8.45. The summed E-state index contributed by atoms with van der Waals surface area (Å²) in [7, 11) is 1.65. The quantitative estimate of drug-likeness (QED) is 0.839. The average molecular weight is 337 g/mol. The van der Waals surface area contributed by atoms with Crippen LogP contribution in [0.2, 0.25) is 5.02 Å². The predicted molar refractivity (Wildman–Crippen MR) is 89.6 cm³/mol. The molecule has 1 fully saturated rings. The van der Waals surface area contributed by atoms with E-state index in [4.69, 9.17) is 16.3 Å². The number of rotatable bonds is 5. The van der Waals surface area contributed by atoms with Crippen LogP contribution >= 0.6 is 23.4 Å². The van der Waals surface area contributed by atoms with E-state index in [0.29, 0.717) is 18.9 Å². The Morgan fingerprint density at radius 2 is 2.09 bits per heavy atom. The summed E-state index contributed by atoms with van der Waals surface area (Å²) >= 11 is 7.58. The molecule has 22 heavy (non-hydrogen) atoms. The molecule has 6 heteroatoms. The highest BCUT2D eigenvalue weighted by Gasteiger charge is 2.32. The number of thioether (sulfide) groups is 1. The minimum Gasteiger partial charge on any atom is -0.383 e. The number of hydrogen-bond acceptors (Lipinski definition) is 3. The lowest BCUT2D eigenvalue weighted by molar-refractivity contribution is -0.128. The molecule has 4 nitrogen and oxygen atoms in total. The molecular formula is C16H17ClN2O2S. The van der Waals surface area contributed by atoms with Gasteiger partial charge in [-0.15, -0.1) is 11.8 Å². The standard InChI is InChI=1S/C16H17ClN2O2S/c1-21-9-8-19-15(20)11-22-16(19)12-6-7-18(10-12)14-4-2-13(17)3-5-14/h2-7,10,16H,8-9,11H2,1H3. The van der Waals surface area contributed by atoms with Crippen molar-refractivity contribution in [3.8, 4) is 5.69 Å². The molecule has 1 atom stereocenters. The molecule has 0 spiro atoms. The van der Waals surface area contributed by atoms with Gasteiger partial charge in [0.05, 0.1) is 12.4 Å². The number of methoxy groups -OCH3 is 1. The summed E-state index contributed by atoms with van der Waals surface area (Å²) in [6.07, 6.45) is 4.08. The summed E-state index contributed by atoms with van der Waals surface area (Å²) in [5, 5.41) is 0.787. The summed E-state index contributed by atoms with van der Waals surface area (Å²) in [5.74, 6) is 0.701. The van der Waals surface area contributed by atoms with Gasteiger partial charge in [-0.05, 0) is 30.3 Å². The van der Waals surface area contributed by atoms with Gasteiger partial charge in [-0.3, -0.25) is 4.79 Å². The maximum absolute atomic E-state index is 12.0. The molecule has 0 N–H and O–H groups in total. The maximum Gasteiger partial charge on any atom is 0.233 e. The molecular weight excluding hydrogens is 320 g/mol. The largest absolute Gasteiger partial charge is 0.383 e. The number of ether oxygens (including phenoxy) is 1. The molecule has 1 aromatic carbocycles. The molecule has 1 aromatic heterocycles. The number of aromatic nitrogens is 1. The number of halogens is 1. The average Bonchev–Trinajstić information content (AvgIpc) is 3.13. The van der Waals surface area contributed by atoms with Crippen molar-refractivity contribution in [3.63, 3.8) is 0 Å². The smallest absolute Gasteiger partial charge is 0.233 e. The van der Waals surface area contributed by atoms with E-state index in [-0.39, 0.29) is 11.3 Å². The Kier molecular flexibility index (Phi) is 4.76. The third-order valence-electron chi connectivity index (χ3n) is 3.63. The van der Waals surface area contributed by atoms with E-state index in [1.165, 1.54) is 0 Å². The fraction of sp³-hybridized carbons (Fsp3) is 0.312. The molecule has 116 valence electrons. The third kappa shape index (κ3) is 3.16. The van der Waals surface area contributed by atoms with Crippen LogP contribution in [-0.2, 0) is 9.53 Å². The minimum absolute atomic E-state index is 0.0659. The molecule has 1 unspecified atom stereocenters. The number of benzene rings is 1. The molecule has 3 rings (SSSR count). The van der Waals surface area contributed by atoms with Crippen LogP contribution in [0.5, 0.6) is 0 Å². The Morgan fingerprint density at radius 3 is 2.82 bits per heavy atom. The minimum atomic E-state index is 0.0659. The Bertz CT molecular complexity index is 656. The lowest BCUT2D eigenvalue weighted by Crippen LogP contribution is -2.31. The topological polar surface area (TPSA) is 34.5 Å². The molecule has 1 saturated heterocycles. The van der Waals surface area contributed by atoms with Crippen molar-refractivity contribution in [2.45, 2.75) is 5.37 Å². The molecule has 2 aromatic rings. The van der Waals surface area contributed by atoms with Crippen molar-refractivity contribution in [1.29, 1.82) is 0 Å². The first-order chi connectivity index (χ1) is 10.7. The van der Waals surface area contributed by atoms with Crippen molar-refractivity contribution in [1.82, 2.24) is 9.47 Å². The molecule has 1 amide bonds. The highest BCUT2D eigenvalue weighted by atomic mass is 35.5. The van der Waals surface area contributed by atoms with Crippen LogP contribution in [0.15, 0.2) is 42.7 Å². The van der Waals surface area contributed by atoms with Gasteiger partial charge in [0.2, 0.25) is 5.91 Å². The van der Waals surface area contributed by atoms with Crippen LogP contribution < -0.4 is 0 Å². The second-order valence-corrected chi connectivity index (χ2v) is 6.58. The van der Waals surface area contributed by atoms with Crippen molar-refractivity contribution < 1.29 is 9.53 Å². The third-order valence-corrected chi connectivity index (χ3v) is 5.14. The van der Waals surface area contributed by atoms with Crippen molar-refractivity contribution in [2.75, 3.05) is 26.0 Å². The maximum atomic E-state index is 12.0. The summed E-state index contributed by atoms with van der Waals surface area (Å²) in [6, 6.07) is 9.75. The number of carbonyl (C=O) groups is 1. The number of carbonyl (C=O) groups excluding carboxylic acids is 1. The Balaban J connectivity index is 1.80. The SMILES string of the molecule is COCCN1C(=O)CSC1c1ccn(-c2ccc(Cl)cc2)c1. The summed E-state index contributed by atoms with van der Waals surface area (Å²) in [5.41, 5.74) is 2.18. The molecule has 0 radical (unpaired) electrons. The van der Waals surface area contributed by atoms with Crippen molar-refractivity contribution >= 4 is 29.3 Å². The van der Waals surface area contributed by atoms with E-state index in [1.54, 1.807) is 18.9 Å². The fourth-order valence-corrected chi connectivity index (χ4v) is 3.82. The summed E-state index contributed by atoms with van der Waals surface area (Å²) in [6.45, 7) is 1.18. The lowest BCUT2D eigenvalue weighted by atomic mass is 10.3. The molecule has 1 aliphatic heterocycles. The van der Waals surface area contributed by atoms with Gasteiger partial charge < -0.3 is 14.2 Å². The van der Waals surface area contributed by atoms with Crippen LogP contribution in [0, 0.1) is 0 Å². The number of nitrogens with zero attached hydrogens (tertiary/aromatic N) is 2. The van der Waals surface area contributed by atoms with Gasteiger partial charge in [0.25, 0.3) is 0 Å². The summed E-state index contributed by atoms with van der Waals surface area (Å²) < 4.78 is 7.15. The van der Waals surface area contributed by atoms with E-state index in [2.05, 4.69) is 12.3 Å². The second-order valence-electron chi connectivity index (χ2n) is 5.07. The van der Waals surface area contributed by atoms with Crippen molar-refractivity contribution in [2.24, 2.45) is 0 Å². The van der Waals surface area contributed by atoms with Gasteiger partial charge in [0, 0.05) is 42.3 Å². The zero-order valence-corrected chi connectivity index (χ0v) is 13.8. The van der Waals surface area contributed by atoms with E-state index in [1.807, 2.05) is 39.9 Å². The summed E-state index contributed by atoms with van der Waals surface area (Å²) in [4.78, 5) is 13.9. The first kappa shape index (κ1) is 15.5. The van der Waals surface area contributed by atoms with Crippen LogP contribution in [0.25, 0.3) is 5.69 Å². The van der Waals surface area contributed by atoms with E-state index < -0.39 is 0 Å². The lowest BCUT2D eigenvalue weighted by Gasteiger charge is -2.22. The molecule has 2 heterocycles. The zero-order valence-electron chi connectivity index (χ0n) is 12.2. The predicted octanol–water partition coefficient (Wildman–Crippen LogP) is 3.35. The van der Waals surface area contributed by atoms with Gasteiger partial charge in [0.1, 0.15) is 5.37 Å². The van der Waals surface area contributed by atoms with E-state index in [0.717, 1.165) is 16.3 Å². The van der Waals surface area contributed by atoms with Crippen LogP contribution in [0.3, 0.4) is 0 Å². The molecule has 0 aliphatic carbocycles. The monoisotopic (exact) mass is 336 g/mol. The molecule has 0 saturated carbocycles. The zero-order chi connectivity index (χ0) is 15.5. The fourth-order valence-electron chi connectivity index (χ4n) is 2.49. The first-order valence-electron chi connectivity index (χ1n) is 7.03. The van der Waals surface area contributed by atoms with Crippen LogP contribution in [0.1, 0.15) is 10.9 Å². The normalized spacial score (nSPS) is 18.2. The Morgan fingerprint density at radius 1 is 1.32 bits per heavy atom. The van der Waals surface area contributed by atoms with Crippen LogP contribution in [-0.4, -0.2) is 41.4 Å². The van der Waals surface area contributed by atoms with Crippen molar-refractivity contribution in [3.05, 3.63) is 53.3 Å². The highest BCUT2D eigenvalue weighted by molar-refractivity contribution is 8.00. The number of hydrogen-bond donors (Lipinski definition) is 0. The molecule has 0 bridgehead atoms. The second kappa shape index (κ2) is 6.77. The van der Waals surface area contributed by atoms with E-state index in [9.17, 15) is 4.79 Å². The van der Waals surface area contributed by atoms with Crippen LogP contribution in [0.4, 0.5) is 0 Å². The van der Waals surface area contributed by atoms with Gasteiger partial charge >= 0.3 is 0 Å². The highest BCUT2D eigenvalue weighted by Crippen LogP contribution is 2.38. The Labute approximate surface area is 139 Å². The Hall–Kier alpha value is -1.43. The van der Waals surface area contributed by atoms with Gasteiger partial charge in [-0.1, -0.05) is 11.6 Å². The van der Waals surface area contributed by atoms with E-state index >= 15 is 0 Å². The van der Waals surface area contributed by atoms with Gasteiger partial charge in [-0.25, -0.2) is 0 Å². The van der Waals surface area contributed by atoms with Gasteiger partial charge in [0.15, 0.2) is 0 Å². The van der Waals surface area contributed by atoms with Gasteiger partial charge in [-0.2, -0.15) is 0 Å². The number of amides is 1.